The minimum absolute atomic E-state index is 0.0361. The summed E-state index contributed by atoms with van der Waals surface area (Å²) in [5, 5.41) is 5.50. The quantitative estimate of drug-likeness (QED) is 0.620. The lowest BCUT2D eigenvalue weighted by Crippen LogP contribution is -2.20. The fourth-order valence-corrected chi connectivity index (χ4v) is 2.53. The summed E-state index contributed by atoms with van der Waals surface area (Å²) >= 11 is 3.34. The molecule has 0 radical (unpaired) electrons. The number of nitrogens with zero attached hydrogens (tertiary/aromatic N) is 1. The van der Waals surface area contributed by atoms with E-state index in [0.717, 1.165) is 10.0 Å². The minimum Gasteiger partial charge on any atom is -0.340 e. The molecule has 0 aliphatic carbocycles. The fourth-order valence-electron chi connectivity index (χ4n) is 2.26. The first-order valence-electron chi connectivity index (χ1n) is 7.52. The zero-order valence-corrected chi connectivity index (χ0v) is 14.9. The van der Waals surface area contributed by atoms with Crippen molar-refractivity contribution in [3.05, 3.63) is 76.3 Å². The van der Waals surface area contributed by atoms with Gasteiger partial charge in [0.05, 0.1) is 6.33 Å². The Morgan fingerprint density at radius 1 is 1.00 bits per heavy atom. The molecule has 0 bridgehead atoms. The van der Waals surface area contributed by atoms with E-state index < -0.39 is 11.8 Å². The lowest BCUT2D eigenvalue weighted by atomic mass is 10.2. The van der Waals surface area contributed by atoms with Crippen LogP contribution < -0.4 is 10.6 Å². The van der Waals surface area contributed by atoms with Crippen LogP contribution in [0.5, 0.6) is 0 Å². The van der Waals surface area contributed by atoms with Gasteiger partial charge in [0.1, 0.15) is 5.69 Å². The first-order chi connectivity index (χ1) is 12.0. The highest BCUT2D eigenvalue weighted by atomic mass is 79.9. The van der Waals surface area contributed by atoms with E-state index in [4.69, 9.17) is 0 Å². The molecule has 0 aliphatic rings. The van der Waals surface area contributed by atoms with Crippen LogP contribution in [0.15, 0.2) is 59.3 Å². The molecule has 0 saturated heterocycles. The molecule has 126 valence electrons. The summed E-state index contributed by atoms with van der Waals surface area (Å²) in [6, 6.07) is 14.5. The van der Waals surface area contributed by atoms with Crippen molar-refractivity contribution >= 4 is 39.1 Å². The number of benzene rings is 2. The molecule has 0 unspecified atom stereocenters. The van der Waals surface area contributed by atoms with Gasteiger partial charge in [-0.15, -0.1) is 0 Å². The molecule has 0 aliphatic heterocycles. The Hall–Kier alpha value is -2.93. The molecule has 3 N–H and O–H groups in total. The molecule has 0 fully saturated rings. The molecule has 3 aromatic rings. The van der Waals surface area contributed by atoms with Gasteiger partial charge in [-0.1, -0.05) is 34.1 Å². The number of carbonyl (C=O) groups is 2. The SMILES string of the molecule is Cc1ccccc1NC(=O)c1[nH]cnc1C(=O)Nc1ccc(Br)cc1. The molecule has 2 aromatic carbocycles. The Balaban J connectivity index is 1.77. The van der Waals surface area contributed by atoms with Crippen LogP contribution in [0.3, 0.4) is 0 Å². The van der Waals surface area contributed by atoms with Gasteiger partial charge in [0, 0.05) is 15.8 Å². The number of hydrogen-bond acceptors (Lipinski definition) is 3. The van der Waals surface area contributed by atoms with Gasteiger partial charge < -0.3 is 15.6 Å². The van der Waals surface area contributed by atoms with Gasteiger partial charge in [0.2, 0.25) is 0 Å². The molecule has 6 nitrogen and oxygen atoms in total. The van der Waals surface area contributed by atoms with Gasteiger partial charge >= 0.3 is 0 Å². The van der Waals surface area contributed by atoms with Crippen molar-refractivity contribution in [2.75, 3.05) is 10.6 Å². The van der Waals surface area contributed by atoms with Crippen LogP contribution in [-0.2, 0) is 0 Å². The molecule has 7 heteroatoms. The normalized spacial score (nSPS) is 10.3. The standard InChI is InChI=1S/C18H15BrN4O2/c1-11-4-2-3-5-14(11)23-18(25)16-15(20-10-21-16)17(24)22-13-8-6-12(19)7-9-13/h2-10H,1H3,(H,20,21)(H,22,24)(H,23,25). The third-order valence-electron chi connectivity index (χ3n) is 3.58. The molecule has 1 aromatic heterocycles. The number of hydrogen-bond donors (Lipinski definition) is 3. The number of aromatic amines is 1. The largest absolute Gasteiger partial charge is 0.340 e. The van der Waals surface area contributed by atoms with Crippen molar-refractivity contribution < 1.29 is 9.59 Å². The number of rotatable bonds is 4. The van der Waals surface area contributed by atoms with Gasteiger partial charge in [0.25, 0.3) is 11.8 Å². The van der Waals surface area contributed by atoms with E-state index in [0.29, 0.717) is 11.4 Å². The van der Waals surface area contributed by atoms with Crippen LogP contribution in [0.25, 0.3) is 0 Å². The summed E-state index contributed by atoms with van der Waals surface area (Å²) in [6.45, 7) is 1.89. The Bertz CT molecular complexity index is 919. The summed E-state index contributed by atoms with van der Waals surface area (Å²) < 4.78 is 0.906. The lowest BCUT2D eigenvalue weighted by Gasteiger charge is -2.08. The van der Waals surface area contributed by atoms with E-state index in [1.807, 2.05) is 37.3 Å². The molecular weight excluding hydrogens is 384 g/mol. The third kappa shape index (κ3) is 3.95. The zero-order valence-electron chi connectivity index (χ0n) is 13.3. The number of nitrogens with one attached hydrogen (secondary N) is 3. The summed E-state index contributed by atoms with van der Waals surface area (Å²) in [6.07, 6.45) is 1.32. The highest BCUT2D eigenvalue weighted by Gasteiger charge is 2.21. The van der Waals surface area contributed by atoms with Gasteiger partial charge in [0.15, 0.2) is 5.69 Å². The molecule has 25 heavy (non-hydrogen) atoms. The summed E-state index contributed by atoms with van der Waals surface area (Å²) in [5.41, 5.74) is 2.37. The second-order valence-electron chi connectivity index (χ2n) is 5.36. The average molecular weight is 399 g/mol. The van der Waals surface area contributed by atoms with Crippen molar-refractivity contribution in [2.45, 2.75) is 6.92 Å². The number of carbonyl (C=O) groups excluding carboxylic acids is 2. The van der Waals surface area contributed by atoms with E-state index in [-0.39, 0.29) is 11.4 Å². The van der Waals surface area contributed by atoms with E-state index in [2.05, 4.69) is 36.5 Å². The summed E-state index contributed by atoms with van der Waals surface area (Å²) in [7, 11) is 0. The van der Waals surface area contributed by atoms with Gasteiger partial charge in [-0.3, -0.25) is 9.59 Å². The molecule has 3 rings (SSSR count). The summed E-state index contributed by atoms with van der Waals surface area (Å²) in [5.74, 6) is -0.883. The van der Waals surface area contributed by atoms with Crippen molar-refractivity contribution in [1.82, 2.24) is 9.97 Å². The zero-order chi connectivity index (χ0) is 17.8. The van der Waals surface area contributed by atoms with Crippen LogP contribution in [0, 0.1) is 6.92 Å². The van der Waals surface area contributed by atoms with Crippen molar-refractivity contribution in [2.24, 2.45) is 0 Å². The number of anilines is 2. The maximum Gasteiger partial charge on any atom is 0.276 e. The highest BCUT2D eigenvalue weighted by molar-refractivity contribution is 9.10. The van der Waals surface area contributed by atoms with E-state index in [9.17, 15) is 9.59 Å². The number of aryl methyl sites for hydroxylation is 1. The number of H-pyrrole nitrogens is 1. The highest BCUT2D eigenvalue weighted by Crippen LogP contribution is 2.17. The van der Waals surface area contributed by atoms with Crippen LogP contribution in [0.1, 0.15) is 26.5 Å². The number of imidazole rings is 1. The van der Waals surface area contributed by atoms with Crippen LogP contribution in [-0.4, -0.2) is 21.8 Å². The van der Waals surface area contributed by atoms with E-state index in [1.165, 1.54) is 6.33 Å². The lowest BCUT2D eigenvalue weighted by molar-refractivity contribution is 0.0985. The molecule has 1 heterocycles. The van der Waals surface area contributed by atoms with E-state index >= 15 is 0 Å². The van der Waals surface area contributed by atoms with Crippen LogP contribution in [0.4, 0.5) is 11.4 Å². The smallest absolute Gasteiger partial charge is 0.276 e. The van der Waals surface area contributed by atoms with E-state index in [1.54, 1.807) is 18.2 Å². The molecule has 0 saturated carbocycles. The maximum absolute atomic E-state index is 12.5. The third-order valence-corrected chi connectivity index (χ3v) is 4.11. The maximum atomic E-state index is 12.5. The Labute approximate surface area is 152 Å². The molecule has 0 atom stereocenters. The second-order valence-corrected chi connectivity index (χ2v) is 6.27. The predicted molar refractivity (Wildman–Crippen MR) is 99.8 cm³/mol. The first kappa shape index (κ1) is 16.9. The molecular formula is C18H15BrN4O2. The molecule has 2 amide bonds. The first-order valence-corrected chi connectivity index (χ1v) is 8.31. The Morgan fingerprint density at radius 2 is 1.72 bits per heavy atom. The van der Waals surface area contributed by atoms with Crippen molar-refractivity contribution in [3.8, 4) is 0 Å². The summed E-state index contributed by atoms with van der Waals surface area (Å²) in [4.78, 5) is 31.6. The van der Waals surface area contributed by atoms with Crippen molar-refractivity contribution in [1.29, 1.82) is 0 Å². The van der Waals surface area contributed by atoms with Gasteiger partial charge in [-0.05, 0) is 42.8 Å². The number of amides is 2. The Morgan fingerprint density at radius 3 is 2.44 bits per heavy atom. The van der Waals surface area contributed by atoms with Crippen LogP contribution in [0.2, 0.25) is 0 Å². The average Bonchev–Trinajstić information content (AvgIpc) is 3.09. The number of halogens is 1. The molecule has 0 spiro atoms. The second kappa shape index (κ2) is 7.31. The Kier molecular flexibility index (Phi) is 4.95. The topological polar surface area (TPSA) is 86.9 Å². The monoisotopic (exact) mass is 398 g/mol. The number of para-hydroxylation sites is 1. The minimum atomic E-state index is -0.460. The van der Waals surface area contributed by atoms with Gasteiger partial charge in [-0.2, -0.15) is 0 Å². The number of aromatic nitrogens is 2. The predicted octanol–water partition coefficient (Wildman–Crippen LogP) is 3.99. The van der Waals surface area contributed by atoms with Crippen LogP contribution >= 0.6 is 15.9 Å². The van der Waals surface area contributed by atoms with Crippen molar-refractivity contribution in [3.63, 3.8) is 0 Å². The fraction of sp³-hybridized carbons (Fsp3) is 0.0556. The van der Waals surface area contributed by atoms with Gasteiger partial charge in [-0.25, -0.2) is 4.98 Å².